The SMILES string of the molecule is O=C(N[C@@](CI)(CCCl)c1cccc(F)c1)C(Cl)(Cl)Cl. The van der Waals surface area contributed by atoms with Gasteiger partial charge in [-0.2, -0.15) is 0 Å². The molecule has 1 amide bonds. The second-order valence-electron chi connectivity index (χ2n) is 4.12. The van der Waals surface area contributed by atoms with Crippen LogP contribution in [0.4, 0.5) is 4.39 Å². The molecule has 0 radical (unpaired) electrons. The molecule has 1 aromatic rings. The largest absolute Gasteiger partial charge is 0.342 e. The van der Waals surface area contributed by atoms with E-state index >= 15 is 0 Å². The molecule has 0 spiro atoms. The van der Waals surface area contributed by atoms with Gasteiger partial charge in [-0.15, -0.1) is 11.6 Å². The smallest absolute Gasteiger partial charge is 0.272 e. The number of benzene rings is 1. The van der Waals surface area contributed by atoms with Crippen molar-refractivity contribution in [1.82, 2.24) is 5.32 Å². The van der Waals surface area contributed by atoms with Gasteiger partial charge in [0.05, 0.1) is 5.54 Å². The summed E-state index contributed by atoms with van der Waals surface area (Å²) in [6.07, 6.45) is 0.382. The van der Waals surface area contributed by atoms with Crippen molar-refractivity contribution in [2.24, 2.45) is 0 Å². The van der Waals surface area contributed by atoms with Crippen molar-refractivity contribution in [3.8, 4) is 0 Å². The van der Waals surface area contributed by atoms with Gasteiger partial charge in [-0.3, -0.25) is 4.79 Å². The van der Waals surface area contributed by atoms with Gasteiger partial charge in [0.15, 0.2) is 0 Å². The van der Waals surface area contributed by atoms with Crippen LogP contribution in [0.3, 0.4) is 0 Å². The van der Waals surface area contributed by atoms with E-state index in [1.165, 1.54) is 12.1 Å². The van der Waals surface area contributed by atoms with Crippen molar-refractivity contribution in [2.75, 3.05) is 10.3 Å². The Hall–Kier alpha value is 0.510. The summed E-state index contributed by atoms with van der Waals surface area (Å²) in [6.45, 7) is 0. The first-order chi connectivity index (χ1) is 9.25. The van der Waals surface area contributed by atoms with Crippen LogP contribution in [-0.2, 0) is 10.3 Å². The fourth-order valence-corrected chi connectivity index (χ4v) is 3.17. The molecule has 0 aromatic heterocycles. The minimum absolute atomic E-state index is 0.264. The lowest BCUT2D eigenvalue weighted by Gasteiger charge is -2.34. The molecule has 1 atom stereocenters. The van der Waals surface area contributed by atoms with E-state index in [0.29, 0.717) is 16.4 Å². The Morgan fingerprint density at radius 2 is 2.00 bits per heavy atom. The number of amides is 1. The van der Waals surface area contributed by atoms with Crippen LogP contribution < -0.4 is 5.32 Å². The van der Waals surface area contributed by atoms with Gasteiger partial charge in [0.1, 0.15) is 5.82 Å². The standard InChI is InChI=1S/C12H11Cl4FINO/c13-5-4-11(7-18,19-10(20)12(14,15)16)8-2-1-3-9(17)6-8/h1-3,6H,4-5,7H2,(H,19,20)/t11-/m1/s1. The normalized spacial score (nSPS) is 14.7. The van der Waals surface area contributed by atoms with Gasteiger partial charge in [0.2, 0.25) is 0 Å². The molecule has 1 aromatic carbocycles. The van der Waals surface area contributed by atoms with E-state index in [4.69, 9.17) is 46.4 Å². The molecule has 0 saturated carbocycles. The highest BCUT2D eigenvalue weighted by Crippen LogP contribution is 2.33. The molecule has 0 saturated heterocycles. The van der Waals surface area contributed by atoms with Crippen LogP contribution in [-0.4, -0.2) is 20.0 Å². The van der Waals surface area contributed by atoms with E-state index in [1.807, 2.05) is 0 Å². The number of carbonyl (C=O) groups excluding carboxylic acids is 1. The van der Waals surface area contributed by atoms with Gasteiger partial charge in [-0.05, 0) is 24.1 Å². The summed E-state index contributed by atoms with van der Waals surface area (Å²) in [5.41, 5.74) is -0.305. The monoisotopic (exact) mass is 471 g/mol. The predicted octanol–water partition coefficient (Wildman–Crippen LogP) is 4.57. The molecule has 0 aliphatic heterocycles. The van der Waals surface area contributed by atoms with E-state index in [-0.39, 0.29) is 5.88 Å². The molecule has 0 fully saturated rings. The van der Waals surface area contributed by atoms with Crippen molar-refractivity contribution in [3.63, 3.8) is 0 Å². The molecule has 0 aliphatic rings. The highest BCUT2D eigenvalue weighted by molar-refractivity contribution is 14.1. The first kappa shape index (κ1) is 18.6. The number of nitrogens with one attached hydrogen (secondary N) is 1. The predicted molar refractivity (Wildman–Crippen MR) is 90.7 cm³/mol. The van der Waals surface area contributed by atoms with Crippen molar-refractivity contribution < 1.29 is 9.18 Å². The maximum atomic E-state index is 13.4. The minimum Gasteiger partial charge on any atom is -0.342 e. The second kappa shape index (κ2) is 7.68. The Kier molecular flexibility index (Phi) is 7.12. The average molecular weight is 473 g/mol. The van der Waals surface area contributed by atoms with E-state index in [2.05, 4.69) is 27.9 Å². The molecule has 112 valence electrons. The van der Waals surface area contributed by atoms with E-state index in [0.717, 1.165) is 0 Å². The Balaban J connectivity index is 3.19. The van der Waals surface area contributed by atoms with Gasteiger partial charge >= 0.3 is 0 Å². The number of hydrogen-bond acceptors (Lipinski definition) is 1. The van der Waals surface area contributed by atoms with Crippen LogP contribution in [0.1, 0.15) is 12.0 Å². The first-order valence-corrected chi connectivity index (χ1v) is 8.72. The van der Waals surface area contributed by atoms with Crippen molar-refractivity contribution >= 4 is 74.9 Å². The number of hydrogen-bond donors (Lipinski definition) is 1. The Bertz CT molecular complexity index is 483. The molecule has 0 bridgehead atoms. The lowest BCUT2D eigenvalue weighted by atomic mass is 9.89. The number of halogens is 6. The molecule has 8 heteroatoms. The average Bonchev–Trinajstić information content (AvgIpc) is 2.36. The Labute approximate surface area is 150 Å². The summed E-state index contributed by atoms with van der Waals surface area (Å²) in [7, 11) is 0. The first-order valence-electron chi connectivity index (χ1n) is 5.52. The molecule has 0 aliphatic carbocycles. The van der Waals surface area contributed by atoms with Gasteiger partial charge in [-0.1, -0.05) is 69.5 Å². The maximum absolute atomic E-state index is 13.4. The summed E-state index contributed by atoms with van der Waals surface area (Å²) >= 11 is 24.6. The quantitative estimate of drug-likeness (QED) is 0.493. The van der Waals surface area contributed by atoms with Crippen molar-refractivity contribution in [2.45, 2.75) is 15.8 Å². The zero-order chi connectivity index (χ0) is 15.4. The third-order valence-electron chi connectivity index (χ3n) is 2.74. The fourth-order valence-electron chi connectivity index (χ4n) is 1.69. The number of alkyl halides is 5. The zero-order valence-electron chi connectivity index (χ0n) is 10.1. The van der Waals surface area contributed by atoms with Gasteiger partial charge < -0.3 is 5.32 Å². The molecular formula is C12H11Cl4FINO. The van der Waals surface area contributed by atoms with Gasteiger partial charge in [-0.25, -0.2) is 4.39 Å². The Morgan fingerprint density at radius 3 is 2.45 bits per heavy atom. The highest BCUT2D eigenvalue weighted by atomic mass is 127. The molecule has 1 N–H and O–H groups in total. The van der Waals surface area contributed by atoms with Crippen molar-refractivity contribution in [1.29, 1.82) is 0 Å². The second-order valence-corrected chi connectivity index (χ2v) is 7.54. The molecule has 2 nitrogen and oxygen atoms in total. The van der Waals surface area contributed by atoms with E-state index in [9.17, 15) is 9.18 Å². The van der Waals surface area contributed by atoms with Crippen LogP contribution in [0.25, 0.3) is 0 Å². The lowest BCUT2D eigenvalue weighted by Crippen LogP contribution is -2.51. The van der Waals surface area contributed by atoms with Crippen LogP contribution in [0.2, 0.25) is 0 Å². The molecule has 0 heterocycles. The van der Waals surface area contributed by atoms with E-state index in [1.54, 1.807) is 12.1 Å². The highest BCUT2D eigenvalue weighted by Gasteiger charge is 2.39. The van der Waals surface area contributed by atoms with Crippen LogP contribution in [0.5, 0.6) is 0 Å². The summed E-state index contributed by atoms with van der Waals surface area (Å²) in [6, 6.07) is 5.91. The summed E-state index contributed by atoms with van der Waals surface area (Å²) < 4.78 is 11.8. The van der Waals surface area contributed by atoms with Gasteiger partial charge in [0, 0.05) is 10.3 Å². The van der Waals surface area contributed by atoms with Gasteiger partial charge in [0.25, 0.3) is 9.70 Å². The summed E-state index contributed by atoms with van der Waals surface area (Å²) in [4.78, 5) is 11.9. The maximum Gasteiger partial charge on any atom is 0.272 e. The molecule has 1 rings (SSSR count). The lowest BCUT2D eigenvalue weighted by molar-refractivity contribution is -0.122. The third-order valence-corrected chi connectivity index (χ3v) is 4.74. The number of carbonyl (C=O) groups is 1. The topological polar surface area (TPSA) is 29.1 Å². The van der Waals surface area contributed by atoms with Crippen LogP contribution >= 0.6 is 69.0 Å². The van der Waals surface area contributed by atoms with Crippen LogP contribution in [0, 0.1) is 5.82 Å². The number of rotatable bonds is 5. The van der Waals surface area contributed by atoms with Crippen molar-refractivity contribution in [3.05, 3.63) is 35.6 Å². The Morgan fingerprint density at radius 1 is 1.35 bits per heavy atom. The third kappa shape index (κ3) is 4.77. The summed E-state index contributed by atoms with van der Waals surface area (Å²) in [5.74, 6) is -0.914. The molecule has 0 unspecified atom stereocenters. The molecular weight excluding hydrogens is 462 g/mol. The molecule has 20 heavy (non-hydrogen) atoms. The van der Waals surface area contributed by atoms with Crippen LogP contribution in [0.15, 0.2) is 24.3 Å². The fraction of sp³-hybridized carbons (Fsp3) is 0.417. The van der Waals surface area contributed by atoms with E-state index < -0.39 is 21.1 Å². The zero-order valence-corrected chi connectivity index (χ0v) is 15.3. The summed E-state index contributed by atoms with van der Waals surface area (Å²) in [5, 5.41) is 2.67. The minimum atomic E-state index is -2.09.